The number of aryl methyl sites for hydroxylation is 1. The zero-order valence-electron chi connectivity index (χ0n) is 21.4. The first kappa shape index (κ1) is 25.8. The van der Waals surface area contributed by atoms with Crippen LogP contribution in [-0.2, 0) is 11.2 Å². The van der Waals surface area contributed by atoms with E-state index in [1.165, 1.54) is 4.88 Å². The third-order valence-corrected chi connectivity index (χ3v) is 7.85. The van der Waals surface area contributed by atoms with Crippen LogP contribution < -0.4 is 9.47 Å². The van der Waals surface area contributed by atoms with Gasteiger partial charge >= 0.3 is 0 Å². The van der Waals surface area contributed by atoms with E-state index in [9.17, 15) is 9.59 Å². The third-order valence-electron chi connectivity index (χ3n) is 6.85. The fourth-order valence-corrected chi connectivity index (χ4v) is 5.42. The number of thiophene rings is 1. The predicted molar refractivity (Wildman–Crippen MR) is 143 cm³/mol. The summed E-state index contributed by atoms with van der Waals surface area (Å²) < 4.78 is 11.5. The Kier molecular flexibility index (Phi) is 8.31. The Morgan fingerprint density at radius 3 is 2.61 bits per heavy atom. The molecule has 0 N–H and O–H groups in total. The summed E-state index contributed by atoms with van der Waals surface area (Å²) in [6.07, 6.45) is 1.57. The summed E-state index contributed by atoms with van der Waals surface area (Å²) in [6, 6.07) is 16.8. The number of ether oxygens (including phenoxy) is 2. The van der Waals surface area contributed by atoms with Gasteiger partial charge in [0.05, 0.1) is 13.2 Å². The van der Waals surface area contributed by atoms with Gasteiger partial charge in [-0.1, -0.05) is 30.7 Å². The predicted octanol–water partition coefficient (Wildman–Crippen LogP) is 5.51. The Labute approximate surface area is 217 Å². The molecule has 0 saturated carbocycles. The van der Waals surface area contributed by atoms with Gasteiger partial charge in [-0.25, -0.2) is 0 Å². The number of hydrogen-bond acceptors (Lipinski definition) is 5. The molecule has 4 rings (SSSR count). The minimum absolute atomic E-state index is 0.0385. The quantitative estimate of drug-likeness (QED) is 0.384. The molecule has 7 heteroatoms. The summed E-state index contributed by atoms with van der Waals surface area (Å²) >= 11 is 1.72. The molecule has 0 radical (unpaired) electrons. The number of nitrogens with zero attached hydrogens (tertiary/aromatic N) is 2. The first-order chi connectivity index (χ1) is 17.4. The highest BCUT2D eigenvalue weighted by molar-refractivity contribution is 7.10. The van der Waals surface area contributed by atoms with Crippen LogP contribution in [0.5, 0.6) is 11.5 Å². The summed E-state index contributed by atoms with van der Waals surface area (Å²) in [4.78, 5) is 32.0. The number of benzene rings is 2. The van der Waals surface area contributed by atoms with Gasteiger partial charge in [0.15, 0.2) is 0 Å². The Morgan fingerprint density at radius 1 is 1.14 bits per heavy atom. The first-order valence-corrected chi connectivity index (χ1v) is 13.3. The molecule has 2 amide bonds. The first-order valence-electron chi connectivity index (χ1n) is 12.4. The molecule has 1 aromatic heterocycles. The zero-order chi connectivity index (χ0) is 25.7. The van der Waals surface area contributed by atoms with Crippen molar-refractivity contribution in [3.63, 3.8) is 0 Å². The van der Waals surface area contributed by atoms with Gasteiger partial charge < -0.3 is 19.3 Å². The second-order valence-electron chi connectivity index (χ2n) is 9.20. The molecule has 2 unspecified atom stereocenters. The molecule has 1 aliphatic rings. The number of fused-ring (bicyclic) bond motifs is 1. The summed E-state index contributed by atoms with van der Waals surface area (Å²) in [6.45, 7) is 7.00. The Hall–Kier alpha value is -3.32. The maximum atomic E-state index is 13.7. The van der Waals surface area contributed by atoms with Crippen molar-refractivity contribution in [3.8, 4) is 11.5 Å². The van der Waals surface area contributed by atoms with Crippen LogP contribution in [0.2, 0.25) is 0 Å². The minimum atomic E-state index is -0.216. The molecular weight excluding hydrogens is 472 g/mol. The van der Waals surface area contributed by atoms with Crippen LogP contribution in [0, 0.1) is 6.92 Å². The van der Waals surface area contributed by atoms with E-state index in [0.717, 1.165) is 29.7 Å². The third kappa shape index (κ3) is 5.73. The average Bonchev–Trinajstić information content (AvgIpc) is 3.39. The lowest BCUT2D eigenvalue weighted by Crippen LogP contribution is -2.49. The van der Waals surface area contributed by atoms with Gasteiger partial charge in [0.25, 0.3) is 5.91 Å². The fourth-order valence-electron chi connectivity index (χ4n) is 4.49. The highest BCUT2D eigenvalue weighted by Crippen LogP contribution is 2.34. The fraction of sp³-hybridized carbons (Fsp3) is 0.379. The summed E-state index contributed by atoms with van der Waals surface area (Å²) in [5, 5.41) is 2.07. The van der Waals surface area contributed by atoms with Gasteiger partial charge in [0.1, 0.15) is 24.7 Å². The van der Waals surface area contributed by atoms with Crippen LogP contribution in [0.25, 0.3) is 0 Å². The van der Waals surface area contributed by atoms with Crippen molar-refractivity contribution in [3.05, 3.63) is 81.5 Å². The molecule has 6 nitrogen and oxygen atoms in total. The maximum absolute atomic E-state index is 13.7. The lowest BCUT2D eigenvalue weighted by Gasteiger charge is -2.38. The van der Waals surface area contributed by atoms with E-state index >= 15 is 0 Å². The largest absolute Gasteiger partial charge is 0.497 e. The Balaban J connectivity index is 1.54. The van der Waals surface area contributed by atoms with Gasteiger partial charge in [0, 0.05) is 29.1 Å². The van der Waals surface area contributed by atoms with Crippen LogP contribution in [0.15, 0.2) is 60.0 Å². The summed E-state index contributed by atoms with van der Waals surface area (Å²) in [5.74, 6) is 1.24. The minimum Gasteiger partial charge on any atom is -0.497 e. The van der Waals surface area contributed by atoms with Crippen LogP contribution in [0.4, 0.5) is 0 Å². The van der Waals surface area contributed by atoms with E-state index in [0.29, 0.717) is 24.5 Å². The van der Waals surface area contributed by atoms with Crippen molar-refractivity contribution in [2.24, 2.45) is 0 Å². The SMILES string of the molecule is CCC(C)N(CC(=O)N1CCc2sccc2C1COc1cccc(OC)c1)C(=O)c1ccc(C)cc1. The second kappa shape index (κ2) is 11.6. The lowest BCUT2D eigenvalue weighted by molar-refractivity contribution is -0.136. The number of amides is 2. The van der Waals surface area contributed by atoms with E-state index in [1.54, 1.807) is 23.3 Å². The van der Waals surface area contributed by atoms with Crippen LogP contribution >= 0.6 is 11.3 Å². The molecule has 36 heavy (non-hydrogen) atoms. The topological polar surface area (TPSA) is 59.1 Å². The standard InChI is InChI=1S/C29H34N2O4S/c1-5-21(3)31(29(33)22-11-9-20(2)10-12-22)18-28(32)30-15-13-27-25(14-16-36-27)26(30)19-35-24-8-6-7-23(17-24)34-4/h6-12,14,16-17,21,26H,5,13,15,18-19H2,1-4H3. The van der Waals surface area contributed by atoms with E-state index in [-0.39, 0.29) is 30.4 Å². The van der Waals surface area contributed by atoms with Gasteiger partial charge in [-0.2, -0.15) is 0 Å². The molecular formula is C29H34N2O4S. The molecule has 190 valence electrons. The van der Waals surface area contributed by atoms with Crippen molar-refractivity contribution in [2.45, 2.75) is 45.7 Å². The van der Waals surface area contributed by atoms with E-state index in [1.807, 2.05) is 74.2 Å². The smallest absolute Gasteiger partial charge is 0.254 e. The highest BCUT2D eigenvalue weighted by Gasteiger charge is 2.34. The van der Waals surface area contributed by atoms with Crippen LogP contribution in [0.1, 0.15) is 52.7 Å². The van der Waals surface area contributed by atoms with Crippen molar-refractivity contribution in [2.75, 3.05) is 26.8 Å². The molecule has 0 aliphatic carbocycles. The number of carbonyl (C=O) groups is 2. The lowest BCUT2D eigenvalue weighted by atomic mass is 10.00. The van der Waals surface area contributed by atoms with Crippen molar-refractivity contribution >= 4 is 23.2 Å². The van der Waals surface area contributed by atoms with E-state index in [4.69, 9.17) is 9.47 Å². The van der Waals surface area contributed by atoms with Crippen molar-refractivity contribution in [1.82, 2.24) is 9.80 Å². The highest BCUT2D eigenvalue weighted by atomic mass is 32.1. The Bertz CT molecular complexity index is 1190. The van der Waals surface area contributed by atoms with Gasteiger partial charge in [-0.15, -0.1) is 11.3 Å². The monoisotopic (exact) mass is 506 g/mol. The molecule has 0 fully saturated rings. The number of rotatable bonds is 9. The average molecular weight is 507 g/mol. The summed E-state index contributed by atoms with van der Waals surface area (Å²) in [5.41, 5.74) is 2.82. The molecule has 1 aliphatic heterocycles. The maximum Gasteiger partial charge on any atom is 0.254 e. The van der Waals surface area contributed by atoms with E-state index < -0.39 is 0 Å². The van der Waals surface area contributed by atoms with Crippen LogP contribution in [0.3, 0.4) is 0 Å². The molecule has 0 spiro atoms. The Morgan fingerprint density at radius 2 is 1.89 bits per heavy atom. The van der Waals surface area contributed by atoms with E-state index in [2.05, 4.69) is 11.4 Å². The normalized spacial score (nSPS) is 15.7. The van der Waals surface area contributed by atoms with Crippen LogP contribution in [-0.4, -0.2) is 54.5 Å². The van der Waals surface area contributed by atoms with Gasteiger partial charge in [0.2, 0.25) is 5.91 Å². The molecule has 3 aromatic rings. The molecule has 2 atom stereocenters. The van der Waals surface area contributed by atoms with Crippen molar-refractivity contribution in [1.29, 1.82) is 0 Å². The number of methoxy groups -OCH3 is 1. The molecule has 0 bridgehead atoms. The molecule has 0 saturated heterocycles. The van der Waals surface area contributed by atoms with Gasteiger partial charge in [-0.3, -0.25) is 9.59 Å². The molecule has 2 heterocycles. The zero-order valence-corrected chi connectivity index (χ0v) is 22.2. The second-order valence-corrected chi connectivity index (χ2v) is 10.2. The summed E-state index contributed by atoms with van der Waals surface area (Å²) in [7, 11) is 1.62. The number of hydrogen-bond donors (Lipinski definition) is 0. The van der Waals surface area contributed by atoms with Crippen molar-refractivity contribution < 1.29 is 19.1 Å². The molecule has 2 aromatic carbocycles. The van der Waals surface area contributed by atoms with Gasteiger partial charge in [-0.05, 0) is 68.0 Å². The number of carbonyl (C=O) groups excluding carboxylic acids is 2.